The molecule has 332 valence electrons. The molecule has 0 fully saturated rings. The summed E-state index contributed by atoms with van der Waals surface area (Å²) in [5.41, 5.74) is 5.87. The van der Waals surface area contributed by atoms with Crippen LogP contribution >= 0.6 is 0 Å². The lowest BCUT2D eigenvalue weighted by Crippen LogP contribution is -2.19. The molecule has 6 aromatic rings. The third-order valence-corrected chi connectivity index (χ3v) is 8.72. The maximum Gasteiger partial charge on any atom is 0.290 e. The Morgan fingerprint density at radius 1 is 0.629 bits per heavy atom. The molecule has 0 aliphatic carbocycles. The van der Waals surface area contributed by atoms with Crippen LogP contribution < -0.4 is 21.1 Å². The third-order valence-electron chi connectivity index (χ3n) is 8.72. The summed E-state index contributed by atoms with van der Waals surface area (Å²) in [6, 6.07) is 34.5. The molecule has 2 heterocycles. The predicted octanol–water partition coefficient (Wildman–Crippen LogP) is 11.9. The minimum absolute atomic E-state index is 0.118. The van der Waals surface area contributed by atoms with Crippen LogP contribution in [-0.4, -0.2) is 28.8 Å². The van der Waals surface area contributed by atoms with E-state index in [1.54, 1.807) is 44.2 Å². The average Bonchev–Trinajstić information content (AvgIpc) is 3.73. The lowest BCUT2D eigenvalue weighted by Gasteiger charge is -2.20. The van der Waals surface area contributed by atoms with Crippen LogP contribution in [0.4, 0.5) is 11.4 Å². The van der Waals surface area contributed by atoms with Crippen molar-refractivity contribution in [3.63, 3.8) is 0 Å². The highest BCUT2D eigenvalue weighted by atomic mass is 16.5. The summed E-state index contributed by atoms with van der Waals surface area (Å²) in [5, 5.41) is 12.9. The van der Waals surface area contributed by atoms with Crippen LogP contribution in [-0.2, 0) is 36.8 Å². The monoisotopic (exact) mass is 847 g/mol. The highest BCUT2D eigenvalue weighted by Gasteiger charge is 2.19. The van der Waals surface area contributed by atoms with Gasteiger partial charge in [0.1, 0.15) is 24.7 Å². The van der Waals surface area contributed by atoms with Crippen LogP contribution in [0, 0.1) is 13.8 Å². The molecule has 6 rings (SSSR count). The smallest absolute Gasteiger partial charge is 0.290 e. The largest absolute Gasteiger partial charge is 0.477 e. The number of hydrogen-bond acceptors (Lipinski definition) is 10. The van der Waals surface area contributed by atoms with Crippen LogP contribution in [0.15, 0.2) is 150 Å². The standard InChI is InChI=1S/C42H42N6O6.4C2H6/c1-29(25-48(35-21-11-8-12-22-35)43-28-51-26-32-17-13-15-23-36(32)38-30(2)53-46(5)41(38)49)40(44-45(4)34-19-9-7-10-20-34)52-27-33-18-14-16-24-37(33)39-31(3)54-47(6)42(39)50;4*1-2/h7-25,28H,26-27H2,1-6H3;4*1-2H3/b29-25-,43-28-,44-40-;;;;. The molecular weight excluding hydrogens is 781 g/mol. The maximum absolute atomic E-state index is 13.0. The van der Waals surface area contributed by atoms with Gasteiger partial charge < -0.3 is 18.5 Å². The van der Waals surface area contributed by atoms with Crippen LogP contribution in [0.2, 0.25) is 0 Å². The molecule has 0 bridgehead atoms. The van der Waals surface area contributed by atoms with E-state index in [-0.39, 0.29) is 24.3 Å². The average molecular weight is 847 g/mol. The minimum atomic E-state index is -0.225. The first-order valence-electron chi connectivity index (χ1n) is 21.3. The van der Waals surface area contributed by atoms with Crippen molar-refractivity contribution >= 4 is 23.7 Å². The zero-order valence-electron chi connectivity index (χ0n) is 39.1. The fourth-order valence-electron chi connectivity index (χ4n) is 6.00. The molecule has 2 aromatic heterocycles. The lowest BCUT2D eigenvalue weighted by atomic mass is 10.0. The Morgan fingerprint density at radius 2 is 1.05 bits per heavy atom. The van der Waals surface area contributed by atoms with Gasteiger partial charge in [-0.15, -0.1) is 10.2 Å². The van der Waals surface area contributed by atoms with Gasteiger partial charge in [0.2, 0.25) is 5.90 Å². The molecule has 0 radical (unpaired) electrons. The summed E-state index contributed by atoms with van der Waals surface area (Å²) < 4.78 is 26.0. The van der Waals surface area contributed by atoms with Crippen molar-refractivity contribution in [3.8, 4) is 22.3 Å². The number of nitrogens with zero attached hydrogens (tertiary/aromatic N) is 6. The Balaban J connectivity index is 0.00000156. The molecule has 4 aromatic carbocycles. The summed E-state index contributed by atoms with van der Waals surface area (Å²) in [6.07, 6.45) is 3.17. The Bertz CT molecular complexity index is 2420. The Kier molecular flexibility index (Phi) is 22.4. The molecule has 0 atom stereocenters. The van der Waals surface area contributed by atoms with Gasteiger partial charge in [0.05, 0.1) is 22.5 Å². The first-order chi connectivity index (χ1) is 30.1. The summed E-state index contributed by atoms with van der Waals surface area (Å²) >= 11 is 0. The van der Waals surface area contributed by atoms with E-state index in [1.165, 1.54) is 15.9 Å². The summed E-state index contributed by atoms with van der Waals surface area (Å²) in [6.45, 7) is 21.7. The summed E-state index contributed by atoms with van der Waals surface area (Å²) in [4.78, 5) is 25.8. The van der Waals surface area contributed by atoms with Gasteiger partial charge in [0.15, 0.2) is 6.40 Å². The number of ether oxygens (including phenoxy) is 2. The summed E-state index contributed by atoms with van der Waals surface area (Å²) in [5.74, 6) is 1.38. The Hall–Kier alpha value is -6.82. The van der Waals surface area contributed by atoms with Crippen LogP contribution in [0.3, 0.4) is 0 Å². The van der Waals surface area contributed by atoms with E-state index in [0.29, 0.717) is 34.1 Å². The van der Waals surface area contributed by atoms with Crippen LogP contribution in [0.5, 0.6) is 0 Å². The molecule has 0 aliphatic heterocycles. The number of anilines is 2. The van der Waals surface area contributed by atoms with Crippen molar-refractivity contribution in [2.45, 2.75) is 89.4 Å². The molecule has 0 saturated carbocycles. The quantitative estimate of drug-likeness (QED) is 0.0640. The van der Waals surface area contributed by atoms with Crippen molar-refractivity contribution in [2.75, 3.05) is 17.1 Å². The number of para-hydroxylation sites is 2. The number of aryl methyl sites for hydroxylation is 4. The molecule has 12 heteroatoms. The Morgan fingerprint density at radius 3 is 1.50 bits per heavy atom. The van der Waals surface area contributed by atoms with Crippen molar-refractivity contribution in [1.29, 1.82) is 0 Å². The van der Waals surface area contributed by atoms with E-state index in [2.05, 4.69) is 5.10 Å². The molecule has 62 heavy (non-hydrogen) atoms. The van der Waals surface area contributed by atoms with Crippen molar-refractivity contribution in [3.05, 3.63) is 164 Å². The maximum atomic E-state index is 13.0. The van der Waals surface area contributed by atoms with E-state index in [4.69, 9.17) is 23.6 Å². The first kappa shape index (κ1) is 51.3. The van der Waals surface area contributed by atoms with E-state index in [1.807, 2.05) is 179 Å². The van der Waals surface area contributed by atoms with Crippen LogP contribution in [0.1, 0.15) is 85.0 Å². The van der Waals surface area contributed by atoms with Gasteiger partial charge in [-0.2, -0.15) is 9.48 Å². The normalized spacial score (nSPS) is 10.8. The van der Waals surface area contributed by atoms with Crippen LogP contribution in [0.25, 0.3) is 22.3 Å². The van der Waals surface area contributed by atoms with E-state index in [9.17, 15) is 9.59 Å². The SMILES string of the molecule is CC.CC.CC.CC.CC(=C/N(/N=C\OCc1ccccc1-c1c(C)on(C)c1=O)c1ccccc1)/C(=N/N(C)c1ccccc1)OCc1ccccc1-c1c(C)on(C)c1=O. The van der Waals surface area contributed by atoms with Crippen molar-refractivity contribution in [1.82, 2.24) is 9.48 Å². The van der Waals surface area contributed by atoms with E-state index < -0.39 is 0 Å². The molecular formula is C50H66N6O6. The number of benzene rings is 4. The van der Waals surface area contributed by atoms with Crippen molar-refractivity contribution < 1.29 is 18.5 Å². The van der Waals surface area contributed by atoms with E-state index >= 15 is 0 Å². The molecule has 0 N–H and O–H groups in total. The molecule has 0 amide bonds. The highest BCUT2D eigenvalue weighted by Crippen LogP contribution is 2.27. The zero-order valence-corrected chi connectivity index (χ0v) is 39.1. The number of hydrazone groups is 2. The van der Waals surface area contributed by atoms with Gasteiger partial charge in [-0.1, -0.05) is 140 Å². The third kappa shape index (κ3) is 13.6. The van der Waals surface area contributed by atoms with Gasteiger partial charge >= 0.3 is 0 Å². The topological polar surface area (TPSA) is 120 Å². The summed E-state index contributed by atoms with van der Waals surface area (Å²) in [7, 11) is 5.02. The molecule has 0 unspecified atom stereocenters. The second-order valence-corrected chi connectivity index (χ2v) is 12.5. The number of hydrogen-bond donors (Lipinski definition) is 0. The molecule has 0 spiro atoms. The highest BCUT2D eigenvalue weighted by molar-refractivity contribution is 5.94. The van der Waals surface area contributed by atoms with Crippen molar-refractivity contribution in [2.24, 2.45) is 24.3 Å². The predicted molar refractivity (Wildman–Crippen MR) is 257 cm³/mol. The zero-order chi connectivity index (χ0) is 46.2. The van der Waals surface area contributed by atoms with Gasteiger partial charge in [-0.25, -0.2) is 5.01 Å². The second-order valence-electron chi connectivity index (χ2n) is 12.5. The Labute approximate surface area is 368 Å². The van der Waals surface area contributed by atoms with Gasteiger partial charge in [0, 0.05) is 32.9 Å². The van der Waals surface area contributed by atoms with E-state index in [0.717, 1.165) is 33.6 Å². The minimum Gasteiger partial charge on any atom is -0.477 e. The fraction of sp³-hybridized carbons (Fsp3) is 0.320. The molecule has 0 saturated heterocycles. The number of aromatic nitrogens is 2. The first-order valence-corrected chi connectivity index (χ1v) is 21.3. The van der Waals surface area contributed by atoms with Gasteiger partial charge in [-0.3, -0.25) is 14.6 Å². The molecule has 12 nitrogen and oxygen atoms in total. The molecule has 0 aliphatic rings. The lowest BCUT2D eigenvalue weighted by molar-refractivity contribution is 0.283. The number of rotatable bonds is 13. The van der Waals surface area contributed by atoms with Gasteiger partial charge in [-0.05, 0) is 67.3 Å². The fourth-order valence-corrected chi connectivity index (χ4v) is 6.00. The second kappa shape index (κ2) is 27.1. The van der Waals surface area contributed by atoms with Gasteiger partial charge in [0.25, 0.3) is 11.1 Å².